The molecule has 3 rings (SSSR count). The molecule has 2 aromatic rings. The third-order valence-corrected chi connectivity index (χ3v) is 4.49. The number of nitrogens with one attached hydrogen (secondary N) is 1. The molecule has 1 atom stereocenters. The lowest BCUT2D eigenvalue weighted by Gasteiger charge is -2.24. The first-order chi connectivity index (χ1) is 11.3. The highest BCUT2D eigenvalue weighted by atomic mass is 15.3. The Kier molecular flexibility index (Phi) is 5.23. The Morgan fingerprint density at radius 1 is 1.30 bits per heavy atom. The predicted octanol–water partition coefficient (Wildman–Crippen LogP) is 3.10. The average Bonchev–Trinajstić information content (AvgIpc) is 2.98. The minimum absolute atomic E-state index is 0.674. The molecule has 0 radical (unpaired) electrons. The summed E-state index contributed by atoms with van der Waals surface area (Å²) in [6, 6.07) is 10.5. The SMILES string of the molecule is CCc1nnc2n1C[C@H](CNC/C(C)=C/c1ccccc1)CC2. The van der Waals surface area contributed by atoms with Crippen molar-refractivity contribution in [2.24, 2.45) is 5.92 Å². The molecule has 1 aromatic heterocycles. The van der Waals surface area contributed by atoms with Crippen LogP contribution in [0.4, 0.5) is 0 Å². The molecular weight excluding hydrogens is 284 g/mol. The average molecular weight is 310 g/mol. The van der Waals surface area contributed by atoms with E-state index in [2.05, 4.69) is 70.3 Å². The van der Waals surface area contributed by atoms with Gasteiger partial charge in [-0.1, -0.05) is 48.9 Å². The van der Waals surface area contributed by atoms with Gasteiger partial charge in [-0.05, 0) is 31.4 Å². The summed E-state index contributed by atoms with van der Waals surface area (Å²) in [6.07, 6.45) is 5.47. The lowest BCUT2D eigenvalue weighted by molar-refractivity contribution is 0.346. The van der Waals surface area contributed by atoms with Crippen LogP contribution in [-0.2, 0) is 19.4 Å². The molecule has 1 aliphatic rings. The van der Waals surface area contributed by atoms with Gasteiger partial charge in [0.05, 0.1) is 0 Å². The summed E-state index contributed by atoms with van der Waals surface area (Å²) >= 11 is 0. The molecule has 1 N–H and O–H groups in total. The molecule has 0 unspecified atom stereocenters. The van der Waals surface area contributed by atoms with E-state index in [0.29, 0.717) is 5.92 Å². The number of aromatic nitrogens is 3. The Balaban J connectivity index is 1.49. The maximum Gasteiger partial charge on any atom is 0.133 e. The maximum absolute atomic E-state index is 4.30. The fraction of sp³-hybridized carbons (Fsp3) is 0.474. The van der Waals surface area contributed by atoms with Crippen molar-refractivity contribution in [3.05, 3.63) is 53.1 Å². The van der Waals surface area contributed by atoms with Gasteiger partial charge in [0, 0.05) is 25.9 Å². The van der Waals surface area contributed by atoms with Crippen molar-refractivity contribution < 1.29 is 0 Å². The van der Waals surface area contributed by atoms with Crippen molar-refractivity contribution in [1.29, 1.82) is 0 Å². The molecule has 1 aliphatic heterocycles. The third kappa shape index (κ3) is 4.08. The van der Waals surface area contributed by atoms with Crippen LogP contribution in [0.3, 0.4) is 0 Å². The van der Waals surface area contributed by atoms with Gasteiger partial charge in [0.2, 0.25) is 0 Å². The smallest absolute Gasteiger partial charge is 0.133 e. The van der Waals surface area contributed by atoms with Crippen LogP contribution in [0, 0.1) is 5.92 Å². The first kappa shape index (κ1) is 15.9. The molecule has 0 saturated heterocycles. The minimum atomic E-state index is 0.674. The molecule has 0 spiro atoms. The van der Waals surface area contributed by atoms with E-state index in [0.717, 1.165) is 38.3 Å². The van der Waals surface area contributed by atoms with E-state index >= 15 is 0 Å². The number of hydrogen-bond donors (Lipinski definition) is 1. The summed E-state index contributed by atoms with van der Waals surface area (Å²) in [5.74, 6) is 2.97. The summed E-state index contributed by atoms with van der Waals surface area (Å²) in [5, 5.41) is 12.2. The van der Waals surface area contributed by atoms with E-state index in [1.165, 1.54) is 23.4 Å². The lowest BCUT2D eigenvalue weighted by atomic mass is 9.99. The molecule has 0 aliphatic carbocycles. The van der Waals surface area contributed by atoms with Crippen molar-refractivity contribution >= 4 is 6.08 Å². The van der Waals surface area contributed by atoms with Gasteiger partial charge < -0.3 is 9.88 Å². The number of benzene rings is 1. The van der Waals surface area contributed by atoms with Crippen molar-refractivity contribution in [2.45, 2.75) is 39.7 Å². The number of fused-ring (bicyclic) bond motifs is 1. The molecule has 0 saturated carbocycles. The molecule has 0 fully saturated rings. The monoisotopic (exact) mass is 310 g/mol. The summed E-state index contributed by atoms with van der Waals surface area (Å²) < 4.78 is 2.32. The van der Waals surface area contributed by atoms with Crippen LogP contribution >= 0.6 is 0 Å². The van der Waals surface area contributed by atoms with Crippen LogP contribution in [0.25, 0.3) is 6.08 Å². The Morgan fingerprint density at radius 2 is 2.13 bits per heavy atom. The van der Waals surface area contributed by atoms with E-state index in [-0.39, 0.29) is 0 Å². The largest absolute Gasteiger partial charge is 0.315 e. The fourth-order valence-corrected chi connectivity index (χ4v) is 3.24. The predicted molar refractivity (Wildman–Crippen MR) is 94.2 cm³/mol. The van der Waals surface area contributed by atoms with E-state index in [4.69, 9.17) is 0 Å². The van der Waals surface area contributed by atoms with Crippen LogP contribution in [0.15, 0.2) is 35.9 Å². The zero-order valence-electron chi connectivity index (χ0n) is 14.1. The zero-order chi connectivity index (χ0) is 16.1. The Bertz CT molecular complexity index is 644. The van der Waals surface area contributed by atoms with E-state index in [1.54, 1.807) is 0 Å². The second-order valence-electron chi connectivity index (χ2n) is 6.43. The first-order valence-electron chi connectivity index (χ1n) is 8.60. The molecule has 0 bridgehead atoms. The van der Waals surface area contributed by atoms with Gasteiger partial charge in [-0.15, -0.1) is 10.2 Å². The van der Waals surface area contributed by atoms with Gasteiger partial charge in [0.25, 0.3) is 0 Å². The highest BCUT2D eigenvalue weighted by Crippen LogP contribution is 2.19. The molecule has 1 aromatic carbocycles. The van der Waals surface area contributed by atoms with E-state index in [9.17, 15) is 0 Å². The van der Waals surface area contributed by atoms with Gasteiger partial charge >= 0.3 is 0 Å². The van der Waals surface area contributed by atoms with Crippen molar-refractivity contribution in [3.63, 3.8) is 0 Å². The van der Waals surface area contributed by atoms with Gasteiger partial charge in [-0.3, -0.25) is 0 Å². The highest BCUT2D eigenvalue weighted by Gasteiger charge is 2.21. The van der Waals surface area contributed by atoms with Crippen LogP contribution < -0.4 is 5.32 Å². The Labute approximate surface area is 138 Å². The van der Waals surface area contributed by atoms with Gasteiger partial charge in [0.1, 0.15) is 11.6 Å². The van der Waals surface area contributed by atoms with Gasteiger partial charge in [-0.2, -0.15) is 0 Å². The van der Waals surface area contributed by atoms with Crippen LogP contribution in [-0.4, -0.2) is 27.9 Å². The normalized spacial score (nSPS) is 18.0. The summed E-state index contributed by atoms with van der Waals surface area (Å²) in [7, 11) is 0. The van der Waals surface area contributed by atoms with Crippen molar-refractivity contribution in [2.75, 3.05) is 13.1 Å². The second kappa shape index (κ2) is 7.55. The van der Waals surface area contributed by atoms with Gasteiger partial charge in [0.15, 0.2) is 0 Å². The molecular formula is C19H26N4. The Morgan fingerprint density at radius 3 is 2.91 bits per heavy atom. The summed E-state index contributed by atoms with van der Waals surface area (Å²) in [6.45, 7) is 7.40. The summed E-state index contributed by atoms with van der Waals surface area (Å²) in [5.41, 5.74) is 2.64. The highest BCUT2D eigenvalue weighted by molar-refractivity contribution is 5.52. The van der Waals surface area contributed by atoms with E-state index in [1.807, 2.05) is 0 Å². The molecule has 122 valence electrons. The third-order valence-electron chi connectivity index (χ3n) is 4.49. The van der Waals surface area contributed by atoms with Gasteiger partial charge in [-0.25, -0.2) is 0 Å². The van der Waals surface area contributed by atoms with Crippen LogP contribution in [0.2, 0.25) is 0 Å². The topological polar surface area (TPSA) is 42.7 Å². The lowest BCUT2D eigenvalue weighted by Crippen LogP contribution is -2.31. The zero-order valence-corrected chi connectivity index (χ0v) is 14.1. The number of nitrogens with zero attached hydrogens (tertiary/aromatic N) is 3. The molecule has 23 heavy (non-hydrogen) atoms. The second-order valence-corrected chi connectivity index (χ2v) is 6.43. The Hall–Kier alpha value is -1.94. The number of hydrogen-bond acceptors (Lipinski definition) is 3. The standard InChI is InChI=1S/C19H26N4/c1-3-18-21-22-19-10-9-17(14-23(18)19)13-20-12-15(2)11-16-7-5-4-6-8-16/h4-8,11,17,20H,3,9-10,12-14H2,1-2H3/b15-11+/t17-/m0/s1. The fourth-order valence-electron chi connectivity index (χ4n) is 3.24. The van der Waals surface area contributed by atoms with E-state index < -0.39 is 0 Å². The van der Waals surface area contributed by atoms with Crippen molar-refractivity contribution in [1.82, 2.24) is 20.1 Å². The molecule has 0 amide bonds. The molecule has 4 heteroatoms. The van der Waals surface area contributed by atoms with Crippen molar-refractivity contribution in [3.8, 4) is 0 Å². The minimum Gasteiger partial charge on any atom is -0.315 e. The summed E-state index contributed by atoms with van der Waals surface area (Å²) in [4.78, 5) is 0. The number of aryl methyl sites for hydroxylation is 2. The maximum atomic E-state index is 4.30. The van der Waals surface area contributed by atoms with Crippen LogP contribution in [0.1, 0.15) is 37.5 Å². The number of rotatable bonds is 6. The van der Waals surface area contributed by atoms with Crippen LogP contribution in [0.5, 0.6) is 0 Å². The molecule has 2 heterocycles. The molecule has 4 nitrogen and oxygen atoms in total. The quantitative estimate of drug-likeness (QED) is 0.891. The first-order valence-corrected chi connectivity index (χ1v) is 8.60.